The second-order valence-corrected chi connectivity index (χ2v) is 16.5. The third-order valence-corrected chi connectivity index (χ3v) is 11.2. The predicted octanol–water partition coefficient (Wildman–Crippen LogP) is -4.66. The lowest BCUT2D eigenvalue weighted by Crippen LogP contribution is -2.52. The van der Waals surface area contributed by atoms with Crippen molar-refractivity contribution >= 4 is 60.5 Å². The summed E-state index contributed by atoms with van der Waals surface area (Å²) >= 11 is 0. The minimum absolute atomic E-state index is 0.128. The molecule has 13 N–H and O–H groups in total. The number of rotatable bonds is 25. The average molecular weight is 947 g/mol. The quantitative estimate of drug-likeness (QED) is 0.0190. The van der Waals surface area contributed by atoms with Crippen LogP contribution < -0.4 is 32.7 Å². The highest BCUT2D eigenvalue weighted by Gasteiger charge is 2.36. The van der Waals surface area contributed by atoms with E-state index in [9.17, 15) is 63.7 Å². The summed E-state index contributed by atoms with van der Waals surface area (Å²) in [5.74, 6) is -6.15. The number of hydrogen-bond donors (Lipinski definition) is 11. The van der Waals surface area contributed by atoms with Crippen molar-refractivity contribution in [1.29, 1.82) is 0 Å². The fraction of sp³-hybridized carbons (Fsp3) is 0.634. The number of likely N-dealkylation sites (tertiary alicyclic amines) is 1. The van der Waals surface area contributed by atoms with Gasteiger partial charge in [0.05, 0.1) is 38.7 Å². The number of aliphatic carboxylic acids is 3. The number of unbranched alkanes of at least 4 members (excludes halogenated alkanes) is 1. The molecule has 0 aliphatic carbocycles. The molecular formula is C41H67BN12O13. The first-order valence-electron chi connectivity index (χ1n) is 22.4. The van der Waals surface area contributed by atoms with E-state index in [0.717, 1.165) is 5.56 Å². The Bertz CT molecular complexity index is 1810. The van der Waals surface area contributed by atoms with Gasteiger partial charge in [0.15, 0.2) is 5.96 Å². The maximum atomic E-state index is 13.5. The second kappa shape index (κ2) is 29.7. The van der Waals surface area contributed by atoms with E-state index in [1.807, 2.05) is 0 Å². The number of nitrogens with two attached hydrogens (primary N) is 2. The van der Waals surface area contributed by atoms with Crippen LogP contribution in [-0.2, 0) is 40.1 Å². The molecule has 1 aromatic carbocycles. The van der Waals surface area contributed by atoms with Crippen LogP contribution in [-0.4, -0.2) is 227 Å². The number of hydrogen-bond acceptors (Lipinski definition) is 15. The van der Waals surface area contributed by atoms with Gasteiger partial charge in [-0.15, -0.1) is 0 Å². The molecule has 2 unspecified atom stereocenters. The smallest absolute Gasteiger partial charge is 0.475 e. The highest BCUT2D eigenvalue weighted by Crippen LogP contribution is 2.18. The Labute approximate surface area is 389 Å². The zero-order chi connectivity index (χ0) is 49.3. The lowest BCUT2D eigenvalue weighted by atomic mass is 9.78. The predicted molar refractivity (Wildman–Crippen MR) is 243 cm³/mol. The van der Waals surface area contributed by atoms with Crippen molar-refractivity contribution < 1.29 is 63.7 Å². The van der Waals surface area contributed by atoms with E-state index in [0.29, 0.717) is 44.2 Å². The topological polar surface area (TPSA) is 366 Å². The van der Waals surface area contributed by atoms with Gasteiger partial charge in [-0.3, -0.25) is 62.9 Å². The average Bonchev–Trinajstić information content (AvgIpc) is 3.77. The number of nitrogens with zero attached hydrogens (tertiary/aromatic N) is 6. The van der Waals surface area contributed by atoms with Gasteiger partial charge in [0.1, 0.15) is 6.04 Å². The number of carbonyl (C=O) groups is 8. The van der Waals surface area contributed by atoms with Gasteiger partial charge in [-0.1, -0.05) is 12.1 Å². The van der Waals surface area contributed by atoms with Crippen molar-refractivity contribution in [3.63, 3.8) is 0 Å². The fourth-order valence-electron chi connectivity index (χ4n) is 7.58. The minimum atomic E-state index is -1.65. The Morgan fingerprint density at radius 3 is 1.73 bits per heavy atom. The summed E-state index contributed by atoms with van der Waals surface area (Å²) in [5, 5.41) is 58.4. The fourth-order valence-corrected chi connectivity index (χ4v) is 7.58. The van der Waals surface area contributed by atoms with E-state index in [2.05, 4.69) is 26.3 Å². The first-order valence-corrected chi connectivity index (χ1v) is 22.4. The standard InChI is InChI=1S/C41H67BN12O13/c43-41(44)46-13-3-5-31(49-34(56)25-50-15-17-51(26-36(58)59)19-21-53(28-38(62)63)22-20-52(18-16-50)27-37(60)61)40(65)45-12-2-1-7-33(55)47-23-29-8-10-30(11-9-29)39(64)48-24-35(57)54-14-4-6-32(54)42(66)67/h8-11,31-32,66-67H,1-7,12-28H2,(H,45,65)(H,47,55)(H,48,64)(H,49,56)(H,58,59)(H,60,61)(H,62,63)(H4,43,44,46). The normalized spacial score (nSPS) is 17.2. The molecule has 67 heavy (non-hydrogen) atoms. The third-order valence-electron chi connectivity index (χ3n) is 11.2. The first kappa shape index (κ1) is 55.4. The number of guanidine groups is 1. The molecule has 372 valence electrons. The number of aliphatic imine (C=N–C) groups is 1. The number of carbonyl (C=O) groups excluding carboxylic acids is 5. The number of amides is 5. The van der Waals surface area contributed by atoms with Gasteiger partial charge in [-0.25, -0.2) is 0 Å². The lowest BCUT2D eigenvalue weighted by molar-refractivity contribution is -0.140. The number of carboxylic acid groups (broad SMARTS) is 3. The van der Waals surface area contributed by atoms with Crippen LogP contribution in [0.5, 0.6) is 0 Å². The Hall–Kier alpha value is -5.93. The van der Waals surface area contributed by atoms with Crippen LogP contribution in [0.15, 0.2) is 29.3 Å². The summed E-state index contributed by atoms with van der Waals surface area (Å²) in [6.45, 7) is 1.29. The molecule has 1 aromatic rings. The van der Waals surface area contributed by atoms with Gasteiger partial charge in [-0.05, 0) is 56.2 Å². The summed E-state index contributed by atoms with van der Waals surface area (Å²) < 4.78 is 0. The number of benzene rings is 1. The molecule has 2 aliphatic rings. The van der Waals surface area contributed by atoms with Crippen LogP contribution in [0.1, 0.15) is 60.9 Å². The summed E-state index contributed by atoms with van der Waals surface area (Å²) in [6.07, 6.45) is 2.69. The van der Waals surface area contributed by atoms with Crippen LogP contribution in [0.3, 0.4) is 0 Å². The monoisotopic (exact) mass is 947 g/mol. The van der Waals surface area contributed by atoms with Crippen molar-refractivity contribution in [2.24, 2.45) is 16.5 Å². The maximum absolute atomic E-state index is 13.5. The lowest BCUT2D eigenvalue weighted by Gasteiger charge is -2.33. The molecule has 26 heteroatoms. The van der Waals surface area contributed by atoms with Crippen LogP contribution >= 0.6 is 0 Å². The molecule has 2 saturated heterocycles. The number of carboxylic acids is 3. The van der Waals surface area contributed by atoms with Crippen LogP contribution in [0.4, 0.5) is 0 Å². The highest BCUT2D eigenvalue weighted by atomic mass is 16.4. The van der Waals surface area contributed by atoms with Crippen molar-refractivity contribution in [3.8, 4) is 0 Å². The van der Waals surface area contributed by atoms with Crippen molar-refractivity contribution in [1.82, 2.24) is 45.8 Å². The Kier molecular flexibility index (Phi) is 24.5. The van der Waals surface area contributed by atoms with E-state index >= 15 is 0 Å². The highest BCUT2D eigenvalue weighted by molar-refractivity contribution is 6.43. The maximum Gasteiger partial charge on any atom is 0.475 e. The minimum Gasteiger partial charge on any atom is -0.480 e. The Morgan fingerprint density at radius 1 is 0.687 bits per heavy atom. The zero-order valence-electron chi connectivity index (χ0n) is 37.9. The van der Waals surface area contributed by atoms with Crippen LogP contribution in [0.25, 0.3) is 0 Å². The van der Waals surface area contributed by atoms with Gasteiger partial charge in [0.25, 0.3) is 5.91 Å². The van der Waals surface area contributed by atoms with Crippen LogP contribution in [0.2, 0.25) is 0 Å². The second-order valence-electron chi connectivity index (χ2n) is 16.5. The first-order chi connectivity index (χ1) is 31.9. The molecule has 2 aliphatic heterocycles. The summed E-state index contributed by atoms with van der Waals surface area (Å²) in [4.78, 5) is 111. The van der Waals surface area contributed by atoms with E-state index in [1.165, 1.54) is 4.90 Å². The van der Waals surface area contributed by atoms with Gasteiger partial charge in [-0.2, -0.15) is 0 Å². The molecule has 2 fully saturated rings. The molecule has 0 bridgehead atoms. The molecule has 3 rings (SSSR count). The molecule has 25 nitrogen and oxygen atoms in total. The molecule has 0 spiro atoms. The molecule has 5 amide bonds. The van der Waals surface area contributed by atoms with Gasteiger partial charge < -0.3 is 63.0 Å². The van der Waals surface area contributed by atoms with E-state index in [1.54, 1.807) is 43.9 Å². The number of nitrogens with one attached hydrogen (secondary N) is 4. The van der Waals surface area contributed by atoms with E-state index in [4.69, 9.17) is 11.5 Å². The molecule has 0 aromatic heterocycles. The van der Waals surface area contributed by atoms with Gasteiger partial charge in [0, 0.05) is 90.5 Å². The molecule has 2 heterocycles. The SMILES string of the molecule is NC(N)=NCCCC(NC(=O)CN1CCN(CC(=O)O)CCN(CC(=O)O)CCN(CC(=O)O)CC1)C(=O)NCCCCC(=O)NCc1ccc(C(=O)NCC(=O)N2CCCC2B(O)O)cc1. The molecule has 0 saturated carbocycles. The van der Waals surface area contributed by atoms with Gasteiger partial charge in [0.2, 0.25) is 23.6 Å². The zero-order valence-corrected chi connectivity index (χ0v) is 37.9. The Morgan fingerprint density at radius 2 is 1.22 bits per heavy atom. The molecule has 0 radical (unpaired) electrons. The summed E-state index contributed by atoms with van der Waals surface area (Å²) in [6, 6.07) is 5.49. The van der Waals surface area contributed by atoms with Crippen molar-refractivity contribution in [2.75, 3.05) is 105 Å². The van der Waals surface area contributed by atoms with Crippen molar-refractivity contribution in [2.45, 2.75) is 63.5 Å². The summed E-state index contributed by atoms with van der Waals surface area (Å²) in [7, 11) is -1.65. The molecule has 2 atom stereocenters. The van der Waals surface area contributed by atoms with Crippen molar-refractivity contribution in [3.05, 3.63) is 35.4 Å². The van der Waals surface area contributed by atoms with E-state index in [-0.39, 0.29) is 129 Å². The Balaban J connectivity index is 1.49. The largest absolute Gasteiger partial charge is 0.480 e. The third kappa shape index (κ3) is 22.4. The molecular weight excluding hydrogens is 879 g/mol. The van der Waals surface area contributed by atoms with Gasteiger partial charge >= 0.3 is 25.0 Å². The summed E-state index contributed by atoms with van der Waals surface area (Å²) in [5.41, 5.74) is 11.9. The van der Waals surface area contributed by atoms with Crippen LogP contribution in [0, 0.1) is 0 Å². The van der Waals surface area contributed by atoms with E-state index < -0.39 is 60.6 Å².